The predicted octanol–water partition coefficient (Wildman–Crippen LogP) is 7.11. The topological polar surface area (TPSA) is 231 Å². The SMILES string of the molecule is COC1CC2CCC(C)C(O)(O2)C(=O)C(=O)N2CCCCC2C(=O)OC(C(C)CC2CCC(OC(=O)C3(C)COC(C)(C)OC3)C(OC)C2)CC(=O)C(C)/C=C(\C)C(O)C(CO)C(=O)C(C)CC(C)/C=C/C=CC=C1C. The summed E-state index contributed by atoms with van der Waals surface area (Å²) in [5, 5.41) is 34.0. The molecule has 428 valence electrons. The maximum atomic E-state index is 14.6. The van der Waals surface area contributed by atoms with Crippen LogP contribution in [0.25, 0.3) is 0 Å². The van der Waals surface area contributed by atoms with E-state index in [0.717, 1.165) is 5.57 Å². The third-order valence-corrected chi connectivity index (χ3v) is 16.8. The Morgan fingerprint density at radius 2 is 1.55 bits per heavy atom. The molecular weight excluding hydrogens is 979 g/mol. The number of piperidine rings is 1. The molecule has 4 fully saturated rings. The lowest BCUT2D eigenvalue weighted by atomic mass is 9.78. The molecule has 1 amide bonds. The molecule has 5 rings (SSSR count). The van der Waals surface area contributed by atoms with E-state index in [0.29, 0.717) is 69.8 Å². The quantitative estimate of drug-likeness (QED) is 0.125. The summed E-state index contributed by atoms with van der Waals surface area (Å²) in [6, 6.07) is -1.19. The van der Waals surface area contributed by atoms with Crippen LogP contribution in [0.3, 0.4) is 0 Å². The summed E-state index contributed by atoms with van der Waals surface area (Å²) in [4.78, 5) is 86.2. The summed E-state index contributed by atoms with van der Waals surface area (Å²) in [6.07, 6.45) is 11.4. The van der Waals surface area contributed by atoms with Gasteiger partial charge in [-0.15, -0.1) is 0 Å². The number of amides is 1. The zero-order chi connectivity index (χ0) is 56.3. The van der Waals surface area contributed by atoms with Gasteiger partial charge >= 0.3 is 11.9 Å². The van der Waals surface area contributed by atoms with E-state index >= 15 is 0 Å². The normalized spacial score (nSPS) is 37.7. The number of hydrogen-bond donors (Lipinski definition) is 3. The fraction of sp³-hybridized carbons (Fsp3) is 0.763. The van der Waals surface area contributed by atoms with Crippen LogP contribution < -0.4 is 0 Å². The summed E-state index contributed by atoms with van der Waals surface area (Å²) < 4.78 is 42.0. The summed E-state index contributed by atoms with van der Waals surface area (Å²) in [6.45, 7) is 17.6. The number of hydrogen-bond acceptors (Lipinski definition) is 16. The first-order valence-electron chi connectivity index (χ1n) is 27.8. The molecule has 0 aromatic carbocycles. The van der Waals surface area contributed by atoms with E-state index in [9.17, 15) is 44.1 Å². The Balaban J connectivity index is 1.43. The van der Waals surface area contributed by atoms with Crippen molar-refractivity contribution in [2.24, 2.45) is 46.8 Å². The van der Waals surface area contributed by atoms with Crippen molar-refractivity contribution in [3.63, 3.8) is 0 Å². The monoisotopic (exact) mass is 1070 g/mol. The molecule has 1 saturated carbocycles. The van der Waals surface area contributed by atoms with Gasteiger partial charge in [0, 0.05) is 51.4 Å². The van der Waals surface area contributed by atoms with Crippen LogP contribution in [0, 0.1) is 46.8 Å². The molecule has 15 atom stereocenters. The Bertz CT molecular complexity index is 2140. The highest BCUT2D eigenvalue weighted by Crippen LogP contribution is 2.39. The van der Waals surface area contributed by atoms with Gasteiger partial charge in [-0.05, 0) is 128 Å². The second kappa shape index (κ2) is 27.8. The van der Waals surface area contributed by atoms with E-state index in [4.69, 9.17) is 33.2 Å². The lowest BCUT2D eigenvalue weighted by molar-refractivity contribution is -0.283. The number of ether oxygens (including phenoxy) is 7. The highest BCUT2D eigenvalue weighted by atomic mass is 16.7. The predicted molar refractivity (Wildman–Crippen MR) is 283 cm³/mol. The van der Waals surface area contributed by atoms with E-state index in [1.165, 1.54) is 4.90 Å². The van der Waals surface area contributed by atoms with E-state index in [2.05, 4.69) is 0 Å². The standard InChI is InChI=1S/C59H91NO16/c1-35-18-14-13-15-19-36(2)48(70-11)30-43-23-21-41(7)59(69,76-43)53(65)54(66)60-25-17-16-20-45(60)55(67)74-49(31-46(62)37(3)27-40(6)52(64)44(32-61)51(63)39(5)26-35)38(4)28-42-22-24-47(50(29-42)71-12)75-56(68)58(10)33-72-57(8,9)73-34-58/h13-15,18-19,27,35,37-39,41-45,47-50,52,61,64,69H,16-17,20-26,28-34H2,1-12H3/b15-13?,18-14+,36-19?,40-27+. The van der Waals surface area contributed by atoms with Crippen LogP contribution in [0.5, 0.6) is 0 Å². The Hall–Kier alpha value is -3.94. The van der Waals surface area contributed by atoms with E-state index in [1.807, 2.05) is 51.2 Å². The molecule has 0 aromatic heterocycles. The van der Waals surface area contributed by atoms with Crippen molar-refractivity contribution in [2.45, 2.75) is 201 Å². The number of aliphatic hydroxyl groups excluding tert-OH is 2. The average molecular weight is 1070 g/mol. The minimum Gasteiger partial charge on any atom is -0.460 e. The molecule has 3 N–H and O–H groups in total. The minimum atomic E-state index is -2.46. The molecule has 0 aromatic rings. The second-order valence-corrected chi connectivity index (χ2v) is 23.6. The lowest BCUT2D eigenvalue weighted by Crippen LogP contribution is -2.61. The van der Waals surface area contributed by atoms with Crippen LogP contribution in [0.4, 0.5) is 0 Å². The number of Topliss-reactive ketones (excluding diaryl/α,β-unsaturated/α-hetero) is 3. The van der Waals surface area contributed by atoms with Gasteiger partial charge in [-0.3, -0.25) is 24.0 Å². The molecule has 76 heavy (non-hydrogen) atoms. The van der Waals surface area contributed by atoms with E-state index in [-0.39, 0.29) is 56.0 Å². The van der Waals surface area contributed by atoms with Gasteiger partial charge in [0.05, 0.1) is 50.2 Å². The number of allylic oxidation sites excluding steroid dienone is 6. The number of carbonyl (C=O) groups excluding carboxylic acids is 6. The van der Waals surface area contributed by atoms with Gasteiger partial charge in [0.15, 0.2) is 5.79 Å². The molecule has 17 nitrogen and oxygen atoms in total. The van der Waals surface area contributed by atoms with Crippen molar-refractivity contribution >= 4 is 35.2 Å². The zero-order valence-corrected chi connectivity index (χ0v) is 47.5. The number of rotatable bonds is 8. The molecule has 4 aliphatic heterocycles. The maximum absolute atomic E-state index is 14.6. The smallest absolute Gasteiger partial charge is 0.329 e. The first-order chi connectivity index (χ1) is 35.8. The number of nitrogens with zero attached hydrogens (tertiary/aromatic N) is 1. The maximum Gasteiger partial charge on any atom is 0.329 e. The van der Waals surface area contributed by atoms with Crippen molar-refractivity contribution < 1.29 is 77.2 Å². The lowest BCUT2D eigenvalue weighted by Gasteiger charge is -2.43. The number of carbonyl (C=O) groups is 6. The largest absolute Gasteiger partial charge is 0.460 e. The number of cyclic esters (lactones) is 1. The molecule has 0 spiro atoms. The van der Waals surface area contributed by atoms with Crippen LogP contribution in [0.2, 0.25) is 0 Å². The molecule has 17 heteroatoms. The van der Waals surface area contributed by atoms with E-state index < -0.39 is 119 Å². The van der Waals surface area contributed by atoms with Gasteiger partial charge in [-0.2, -0.15) is 0 Å². The number of fused-ring (bicyclic) bond motifs is 3. The van der Waals surface area contributed by atoms with Crippen molar-refractivity contribution in [3.8, 4) is 0 Å². The Morgan fingerprint density at radius 3 is 2.21 bits per heavy atom. The van der Waals surface area contributed by atoms with Crippen LogP contribution >= 0.6 is 0 Å². The van der Waals surface area contributed by atoms with Gasteiger partial charge < -0.3 is 53.4 Å². The van der Waals surface area contributed by atoms with Crippen LogP contribution in [0.15, 0.2) is 47.6 Å². The van der Waals surface area contributed by atoms with E-state index in [1.54, 1.807) is 68.8 Å². The molecule has 1 aliphatic carbocycles. The first-order valence-corrected chi connectivity index (χ1v) is 27.8. The third-order valence-electron chi connectivity index (χ3n) is 16.8. The molecule has 4 heterocycles. The zero-order valence-electron chi connectivity index (χ0n) is 47.5. The van der Waals surface area contributed by atoms with Crippen molar-refractivity contribution in [1.29, 1.82) is 0 Å². The number of ketones is 3. The summed E-state index contributed by atoms with van der Waals surface area (Å²) in [7, 11) is 3.13. The molecule has 15 unspecified atom stereocenters. The summed E-state index contributed by atoms with van der Waals surface area (Å²) in [5.74, 6) is -11.0. The molecule has 5 aliphatic rings. The van der Waals surface area contributed by atoms with Crippen LogP contribution in [-0.2, 0) is 61.9 Å². The van der Waals surface area contributed by atoms with Gasteiger partial charge in [0.2, 0.25) is 5.79 Å². The van der Waals surface area contributed by atoms with Crippen molar-refractivity contribution in [2.75, 3.05) is 40.6 Å². The average Bonchev–Trinajstić information content (AvgIpc) is 3.39. The van der Waals surface area contributed by atoms with Gasteiger partial charge in [0.25, 0.3) is 11.7 Å². The Labute approximate surface area is 451 Å². The fourth-order valence-electron chi connectivity index (χ4n) is 11.5. The number of esters is 2. The van der Waals surface area contributed by atoms with Gasteiger partial charge in [0.1, 0.15) is 35.2 Å². The highest BCUT2D eigenvalue weighted by molar-refractivity contribution is 6.39. The fourth-order valence-corrected chi connectivity index (χ4v) is 11.5. The first kappa shape index (κ1) is 62.9. The molecule has 3 saturated heterocycles. The summed E-state index contributed by atoms with van der Waals surface area (Å²) in [5.41, 5.74) is 0.194. The van der Waals surface area contributed by atoms with Gasteiger partial charge in [-0.25, -0.2) is 4.79 Å². The van der Waals surface area contributed by atoms with Crippen LogP contribution in [0.1, 0.15) is 146 Å². The molecule has 2 bridgehead atoms. The molecular formula is C59H91NO16. The third kappa shape index (κ3) is 16.1. The highest BCUT2D eigenvalue weighted by Gasteiger charge is 2.53. The number of aliphatic hydroxyl groups is 3. The Kier molecular flexibility index (Phi) is 23.0. The van der Waals surface area contributed by atoms with Crippen LogP contribution in [-0.4, -0.2) is 150 Å². The summed E-state index contributed by atoms with van der Waals surface area (Å²) >= 11 is 0. The van der Waals surface area contributed by atoms with Gasteiger partial charge in [-0.1, -0.05) is 71.1 Å². The van der Waals surface area contributed by atoms with Crippen molar-refractivity contribution in [3.05, 3.63) is 47.6 Å². The Morgan fingerprint density at radius 1 is 0.855 bits per heavy atom. The molecule has 0 radical (unpaired) electrons. The number of methoxy groups -OCH3 is 2. The van der Waals surface area contributed by atoms with Crippen molar-refractivity contribution in [1.82, 2.24) is 4.90 Å². The minimum absolute atomic E-state index is 0.00323. The second-order valence-electron chi connectivity index (χ2n) is 23.6.